The van der Waals surface area contributed by atoms with Crippen molar-refractivity contribution in [3.05, 3.63) is 18.2 Å². The second kappa shape index (κ2) is 6.93. The summed E-state index contributed by atoms with van der Waals surface area (Å²) in [5, 5.41) is 14.5. The number of carbonyl (C=O) groups is 2. The molecule has 2 amide bonds. The number of aromatic nitrogens is 2. The number of urea groups is 1. The largest absolute Gasteiger partial charge is 0.481 e. The van der Waals surface area contributed by atoms with Gasteiger partial charge < -0.3 is 20.7 Å². The van der Waals surface area contributed by atoms with Gasteiger partial charge in [0.1, 0.15) is 5.82 Å². The molecule has 1 aromatic heterocycles. The molecule has 1 aliphatic carbocycles. The van der Waals surface area contributed by atoms with Gasteiger partial charge in [-0.25, -0.2) is 9.78 Å². The highest BCUT2D eigenvalue weighted by Gasteiger charge is 2.33. The molecule has 1 saturated carbocycles. The lowest BCUT2D eigenvalue weighted by atomic mass is 10.0. The fraction of sp³-hybridized carbons (Fsp3) is 0.615. The molecule has 0 radical (unpaired) electrons. The molecule has 7 nitrogen and oxygen atoms in total. The second-order valence-corrected chi connectivity index (χ2v) is 5.02. The zero-order chi connectivity index (χ0) is 14.4. The second-order valence-electron chi connectivity index (χ2n) is 5.02. The van der Waals surface area contributed by atoms with Crippen LogP contribution in [0.4, 0.5) is 4.79 Å². The first-order valence-electron chi connectivity index (χ1n) is 6.92. The zero-order valence-electron chi connectivity index (χ0n) is 11.3. The standard InChI is InChI=1S/C13H20N4O3/c18-12(19)9-3-1-4-10(9)17-13(20)16-6-2-5-11-14-7-8-15-11/h7-10H,1-6H2,(H,14,15)(H,18,19)(H2,16,17,20). The van der Waals surface area contributed by atoms with E-state index in [4.69, 9.17) is 5.11 Å². The Morgan fingerprint density at radius 2 is 2.30 bits per heavy atom. The van der Waals surface area contributed by atoms with Gasteiger partial charge in [-0.05, 0) is 19.3 Å². The summed E-state index contributed by atoms with van der Waals surface area (Å²) in [5.74, 6) is -0.386. The highest BCUT2D eigenvalue weighted by Crippen LogP contribution is 2.25. The Hall–Kier alpha value is -2.05. The van der Waals surface area contributed by atoms with E-state index < -0.39 is 11.9 Å². The lowest BCUT2D eigenvalue weighted by molar-refractivity contribution is -0.142. The molecule has 0 aliphatic heterocycles. The van der Waals surface area contributed by atoms with Gasteiger partial charge in [0.15, 0.2) is 0 Å². The van der Waals surface area contributed by atoms with Crippen molar-refractivity contribution in [2.75, 3.05) is 6.54 Å². The number of carbonyl (C=O) groups excluding carboxylic acids is 1. The molecule has 2 unspecified atom stereocenters. The average molecular weight is 280 g/mol. The maximum Gasteiger partial charge on any atom is 0.315 e. The first kappa shape index (κ1) is 14.4. The SMILES string of the molecule is O=C(NCCCc1ncc[nH]1)NC1CCCC1C(=O)O. The Bertz CT molecular complexity index is 446. The number of H-pyrrole nitrogens is 1. The lowest BCUT2D eigenvalue weighted by Gasteiger charge is -2.17. The van der Waals surface area contributed by atoms with E-state index in [1.165, 1.54) is 0 Å². The number of imidazole rings is 1. The van der Waals surface area contributed by atoms with Crippen LogP contribution < -0.4 is 10.6 Å². The Morgan fingerprint density at radius 3 is 3.00 bits per heavy atom. The molecule has 7 heteroatoms. The van der Waals surface area contributed by atoms with Crippen LogP contribution in [0.15, 0.2) is 12.4 Å². The number of aliphatic carboxylic acids is 1. The molecule has 0 spiro atoms. The third-order valence-electron chi connectivity index (χ3n) is 3.58. The summed E-state index contributed by atoms with van der Waals surface area (Å²) in [6, 6.07) is -0.542. The van der Waals surface area contributed by atoms with Crippen LogP contribution in [0.1, 0.15) is 31.5 Å². The number of hydrogen-bond acceptors (Lipinski definition) is 3. The van der Waals surface area contributed by atoms with Crippen molar-refractivity contribution in [2.45, 2.75) is 38.1 Å². The minimum atomic E-state index is -0.828. The van der Waals surface area contributed by atoms with E-state index in [0.717, 1.165) is 31.5 Å². The van der Waals surface area contributed by atoms with Gasteiger partial charge in [0, 0.05) is 31.4 Å². The third-order valence-corrected chi connectivity index (χ3v) is 3.58. The molecular weight excluding hydrogens is 260 g/mol. The van der Waals surface area contributed by atoms with Gasteiger partial charge in [-0.2, -0.15) is 0 Å². The highest BCUT2D eigenvalue weighted by atomic mass is 16.4. The topological polar surface area (TPSA) is 107 Å². The van der Waals surface area contributed by atoms with E-state index in [0.29, 0.717) is 13.0 Å². The number of aromatic amines is 1. The van der Waals surface area contributed by atoms with Gasteiger partial charge >= 0.3 is 12.0 Å². The lowest BCUT2D eigenvalue weighted by Crippen LogP contribution is -2.45. The van der Waals surface area contributed by atoms with Gasteiger partial charge in [-0.15, -0.1) is 0 Å². The summed E-state index contributed by atoms with van der Waals surface area (Å²) >= 11 is 0. The quantitative estimate of drug-likeness (QED) is 0.580. The number of aryl methyl sites for hydroxylation is 1. The predicted octanol–water partition coefficient (Wildman–Crippen LogP) is 0.895. The van der Waals surface area contributed by atoms with Crippen LogP contribution in [0.3, 0.4) is 0 Å². The van der Waals surface area contributed by atoms with Crippen molar-refractivity contribution in [1.29, 1.82) is 0 Å². The third kappa shape index (κ3) is 3.97. The van der Waals surface area contributed by atoms with Gasteiger partial charge in [0.25, 0.3) is 0 Å². The van der Waals surface area contributed by atoms with Crippen molar-refractivity contribution in [3.63, 3.8) is 0 Å². The molecule has 1 fully saturated rings. The number of amides is 2. The van der Waals surface area contributed by atoms with Gasteiger partial charge in [-0.3, -0.25) is 4.79 Å². The Morgan fingerprint density at radius 1 is 1.45 bits per heavy atom. The van der Waals surface area contributed by atoms with Crippen LogP contribution >= 0.6 is 0 Å². The van der Waals surface area contributed by atoms with Crippen molar-refractivity contribution in [2.24, 2.45) is 5.92 Å². The van der Waals surface area contributed by atoms with E-state index in [1.54, 1.807) is 12.4 Å². The van der Waals surface area contributed by atoms with Gasteiger partial charge in [-0.1, -0.05) is 6.42 Å². The number of carboxylic acid groups (broad SMARTS) is 1. The van der Waals surface area contributed by atoms with Crippen molar-refractivity contribution >= 4 is 12.0 Å². The minimum absolute atomic E-state index is 0.252. The maximum atomic E-state index is 11.7. The molecule has 1 aromatic rings. The fourth-order valence-corrected chi connectivity index (χ4v) is 2.54. The smallest absolute Gasteiger partial charge is 0.315 e. The van der Waals surface area contributed by atoms with E-state index in [1.807, 2.05) is 0 Å². The van der Waals surface area contributed by atoms with E-state index in [9.17, 15) is 9.59 Å². The average Bonchev–Trinajstić information content (AvgIpc) is 3.05. The molecule has 2 atom stereocenters. The molecule has 0 aromatic carbocycles. The number of hydrogen-bond donors (Lipinski definition) is 4. The van der Waals surface area contributed by atoms with Crippen LogP contribution in [-0.4, -0.2) is 39.7 Å². The monoisotopic (exact) mass is 280 g/mol. The summed E-state index contributed by atoms with van der Waals surface area (Å²) in [6.07, 6.45) is 7.24. The number of nitrogens with one attached hydrogen (secondary N) is 3. The normalized spacial score (nSPS) is 21.6. The minimum Gasteiger partial charge on any atom is -0.481 e. The molecule has 1 aliphatic rings. The van der Waals surface area contributed by atoms with Crippen molar-refractivity contribution in [1.82, 2.24) is 20.6 Å². The number of carboxylic acids is 1. The van der Waals surface area contributed by atoms with Crippen molar-refractivity contribution in [3.8, 4) is 0 Å². The van der Waals surface area contributed by atoms with Crippen LogP contribution in [0.2, 0.25) is 0 Å². The van der Waals surface area contributed by atoms with E-state index in [-0.39, 0.29) is 12.1 Å². The van der Waals surface area contributed by atoms with Crippen LogP contribution in [0, 0.1) is 5.92 Å². The van der Waals surface area contributed by atoms with Gasteiger partial charge in [0.2, 0.25) is 0 Å². The zero-order valence-corrected chi connectivity index (χ0v) is 11.3. The summed E-state index contributed by atoms with van der Waals surface area (Å²) in [5.41, 5.74) is 0. The first-order valence-corrected chi connectivity index (χ1v) is 6.92. The molecule has 1 heterocycles. The molecule has 0 bridgehead atoms. The molecule has 20 heavy (non-hydrogen) atoms. The summed E-state index contributed by atoms with van der Waals surface area (Å²) in [4.78, 5) is 29.8. The number of rotatable bonds is 6. The molecular formula is C13H20N4O3. The Kier molecular flexibility index (Phi) is 4.97. The number of nitrogens with zero attached hydrogens (tertiary/aromatic N) is 1. The molecule has 2 rings (SSSR count). The van der Waals surface area contributed by atoms with Crippen molar-refractivity contribution < 1.29 is 14.7 Å². The summed E-state index contributed by atoms with van der Waals surface area (Å²) in [6.45, 7) is 0.539. The van der Waals surface area contributed by atoms with Crippen LogP contribution in [0.25, 0.3) is 0 Å². The molecule has 110 valence electrons. The first-order chi connectivity index (χ1) is 9.66. The Balaban J connectivity index is 1.64. The van der Waals surface area contributed by atoms with E-state index >= 15 is 0 Å². The summed E-state index contributed by atoms with van der Waals surface area (Å²) in [7, 11) is 0. The Labute approximate surface area is 117 Å². The molecule has 4 N–H and O–H groups in total. The fourth-order valence-electron chi connectivity index (χ4n) is 2.54. The summed E-state index contributed by atoms with van der Waals surface area (Å²) < 4.78 is 0. The predicted molar refractivity (Wildman–Crippen MR) is 72.2 cm³/mol. The van der Waals surface area contributed by atoms with Gasteiger partial charge in [0.05, 0.1) is 5.92 Å². The molecule has 0 saturated heterocycles. The van der Waals surface area contributed by atoms with Crippen LogP contribution in [-0.2, 0) is 11.2 Å². The highest BCUT2D eigenvalue weighted by molar-refractivity contribution is 5.76. The maximum absolute atomic E-state index is 11.7. The van der Waals surface area contributed by atoms with Crippen LogP contribution in [0.5, 0.6) is 0 Å². The van der Waals surface area contributed by atoms with E-state index in [2.05, 4.69) is 20.6 Å².